The lowest BCUT2D eigenvalue weighted by Crippen LogP contribution is -2.38. The molecule has 1 aliphatic carbocycles. The Morgan fingerprint density at radius 1 is 1.28 bits per heavy atom. The Labute approximate surface area is 111 Å². The summed E-state index contributed by atoms with van der Waals surface area (Å²) in [6.07, 6.45) is 4.17. The molecule has 0 heterocycles. The number of benzene rings is 1. The summed E-state index contributed by atoms with van der Waals surface area (Å²) in [5.41, 5.74) is 1.27. The van der Waals surface area contributed by atoms with E-state index >= 15 is 0 Å². The molecule has 0 bridgehead atoms. The van der Waals surface area contributed by atoms with Gasteiger partial charge in [0, 0.05) is 17.6 Å². The van der Waals surface area contributed by atoms with Gasteiger partial charge in [0.1, 0.15) is 5.75 Å². The van der Waals surface area contributed by atoms with Gasteiger partial charge >= 0.3 is 0 Å². The second-order valence-corrected chi connectivity index (χ2v) is 5.34. The molecule has 1 N–H and O–H groups in total. The lowest BCUT2D eigenvalue weighted by Gasteiger charge is -2.34. The molecule has 0 amide bonds. The predicted octanol–water partition coefficient (Wildman–Crippen LogP) is 3.92. The van der Waals surface area contributed by atoms with Gasteiger partial charge in [-0.05, 0) is 45.6 Å². The quantitative estimate of drug-likeness (QED) is 0.822. The minimum absolute atomic E-state index is 0.350. The van der Waals surface area contributed by atoms with E-state index in [9.17, 15) is 0 Å². The zero-order valence-corrected chi connectivity index (χ0v) is 11.8. The van der Waals surface area contributed by atoms with Gasteiger partial charge in [-0.3, -0.25) is 0 Å². The van der Waals surface area contributed by atoms with Crippen molar-refractivity contribution >= 4 is 0 Å². The van der Waals surface area contributed by atoms with Gasteiger partial charge in [0.2, 0.25) is 0 Å². The van der Waals surface area contributed by atoms with Gasteiger partial charge in [-0.2, -0.15) is 0 Å². The molecule has 0 aliphatic heterocycles. The smallest absolute Gasteiger partial charge is 0.124 e. The molecule has 2 unspecified atom stereocenters. The SMILES string of the molecule is CCOc1ccccc1C(C)NC(C)C1CCC1. The fourth-order valence-electron chi connectivity index (χ4n) is 2.69. The number of ether oxygens (including phenoxy) is 1. The topological polar surface area (TPSA) is 21.3 Å². The van der Waals surface area contributed by atoms with Crippen LogP contribution >= 0.6 is 0 Å². The number of para-hydroxylation sites is 1. The minimum atomic E-state index is 0.350. The molecule has 0 aromatic heterocycles. The number of nitrogens with one attached hydrogen (secondary N) is 1. The third kappa shape index (κ3) is 3.05. The molecule has 0 spiro atoms. The van der Waals surface area contributed by atoms with Crippen LogP contribution in [0.5, 0.6) is 5.75 Å². The van der Waals surface area contributed by atoms with Crippen LogP contribution in [0.2, 0.25) is 0 Å². The van der Waals surface area contributed by atoms with E-state index in [0.717, 1.165) is 18.3 Å². The molecule has 2 atom stereocenters. The van der Waals surface area contributed by atoms with Gasteiger partial charge in [0.05, 0.1) is 6.61 Å². The molecule has 2 nitrogen and oxygen atoms in total. The van der Waals surface area contributed by atoms with Crippen molar-refractivity contribution in [2.24, 2.45) is 5.92 Å². The van der Waals surface area contributed by atoms with Crippen LogP contribution < -0.4 is 10.1 Å². The lowest BCUT2D eigenvalue weighted by molar-refractivity contribution is 0.228. The first-order valence-corrected chi connectivity index (χ1v) is 7.20. The molecule has 1 aromatic carbocycles. The van der Waals surface area contributed by atoms with Gasteiger partial charge in [0.15, 0.2) is 0 Å². The predicted molar refractivity (Wildman–Crippen MR) is 76.0 cm³/mol. The van der Waals surface area contributed by atoms with Gasteiger partial charge in [-0.25, -0.2) is 0 Å². The second kappa shape index (κ2) is 6.24. The summed E-state index contributed by atoms with van der Waals surface area (Å²) >= 11 is 0. The van der Waals surface area contributed by atoms with Gasteiger partial charge in [0.25, 0.3) is 0 Å². The first kappa shape index (κ1) is 13.4. The maximum Gasteiger partial charge on any atom is 0.124 e. The molecule has 1 aliphatic rings. The zero-order chi connectivity index (χ0) is 13.0. The summed E-state index contributed by atoms with van der Waals surface area (Å²) in [5.74, 6) is 1.88. The average molecular weight is 247 g/mol. The molecule has 100 valence electrons. The highest BCUT2D eigenvalue weighted by molar-refractivity contribution is 5.35. The van der Waals surface area contributed by atoms with E-state index < -0.39 is 0 Å². The first-order valence-electron chi connectivity index (χ1n) is 7.20. The van der Waals surface area contributed by atoms with E-state index in [0.29, 0.717) is 12.1 Å². The van der Waals surface area contributed by atoms with Crippen molar-refractivity contribution in [1.29, 1.82) is 0 Å². The molecule has 2 heteroatoms. The van der Waals surface area contributed by atoms with Crippen molar-refractivity contribution in [3.05, 3.63) is 29.8 Å². The van der Waals surface area contributed by atoms with Crippen LogP contribution in [0.4, 0.5) is 0 Å². The number of hydrogen-bond donors (Lipinski definition) is 1. The Morgan fingerprint density at radius 2 is 2.00 bits per heavy atom. The monoisotopic (exact) mass is 247 g/mol. The van der Waals surface area contributed by atoms with E-state index in [2.05, 4.69) is 37.4 Å². The minimum Gasteiger partial charge on any atom is -0.494 e. The highest BCUT2D eigenvalue weighted by Gasteiger charge is 2.25. The fourth-order valence-corrected chi connectivity index (χ4v) is 2.69. The van der Waals surface area contributed by atoms with Crippen molar-refractivity contribution in [2.75, 3.05) is 6.61 Å². The second-order valence-electron chi connectivity index (χ2n) is 5.34. The highest BCUT2D eigenvalue weighted by atomic mass is 16.5. The van der Waals surface area contributed by atoms with Crippen molar-refractivity contribution in [1.82, 2.24) is 5.32 Å². The maximum atomic E-state index is 5.70. The van der Waals surface area contributed by atoms with Gasteiger partial charge < -0.3 is 10.1 Å². The molecule has 1 aromatic rings. The molecule has 0 saturated heterocycles. The molecule has 18 heavy (non-hydrogen) atoms. The third-order valence-electron chi connectivity index (χ3n) is 4.06. The number of hydrogen-bond acceptors (Lipinski definition) is 2. The van der Waals surface area contributed by atoms with Crippen LogP contribution in [-0.4, -0.2) is 12.6 Å². The molecule has 2 rings (SSSR count). The lowest BCUT2D eigenvalue weighted by atomic mass is 9.80. The summed E-state index contributed by atoms with van der Waals surface area (Å²) in [5, 5.41) is 3.72. The Kier molecular flexibility index (Phi) is 4.65. The van der Waals surface area contributed by atoms with Crippen molar-refractivity contribution in [3.63, 3.8) is 0 Å². The Morgan fingerprint density at radius 3 is 2.61 bits per heavy atom. The molecular formula is C16H25NO. The largest absolute Gasteiger partial charge is 0.494 e. The molecular weight excluding hydrogens is 222 g/mol. The van der Waals surface area contributed by atoms with Crippen LogP contribution in [0.15, 0.2) is 24.3 Å². The standard InChI is InChI=1S/C16H25NO/c1-4-18-16-11-6-5-10-15(16)13(3)17-12(2)14-8-7-9-14/h5-6,10-14,17H,4,7-9H2,1-3H3. The number of rotatable bonds is 6. The van der Waals surface area contributed by atoms with Gasteiger partial charge in [-0.15, -0.1) is 0 Å². The van der Waals surface area contributed by atoms with Gasteiger partial charge in [-0.1, -0.05) is 24.6 Å². The van der Waals surface area contributed by atoms with E-state index in [1.54, 1.807) is 0 Å². The van der Waals surface area contributed by atoms with E-state index in [1.165, 1.54) is 24.8 Å². The summed E-state index contributed by atoms with van der Waals surface area (Å²) < 4.78 is 5.70. The summed E-state index contributed by atoms with van der Waals surface area (Å²) in [6.45, 7) is 7.30. The van der Waals surface area contributed by atoms with E-state index in [4.69, 9.17) is 4.74 Å². The van der Waals surface area contributed by atoms with Crippen molar-refractivity contribution in [2.45, 2.75) is 52.1 Å². The Hall–Kier alpha value is -1.02. The molecule has 0 radical (unpaired) electrons. The first-order chi connectivity index (χ1) is 8.72. The van der Waals surface area contributed by atoms with Crippen molar-refractivity contribution in [3.8, 4) is 5.75 Å². The summed E-state index contributed by atoms with van der Waals surface area (Å²) in [7, 11) is 0. The molecule has 1 fully saturated rings. The summed E-state index contributed by atoms with van der Waals surface area (Å²) in [6, 6.07) is 9.30. The van der Waals surface area contributed by atoms with Crippen LogP contribution in [0, 0.1) is 5.92 Å². The Bertz CT molecular complexity index is 373. The normalized spacial score (nSPS) is 19.1. The van der Waals surface area contributed by atoms with Crippen LogP contribution in [0.25, 0.3) is 0 Å². The van der Waals surface area contributed by atoms with Crippen molar-refractivity contribution < 1.29 is 4.74 Å². The van der Waals surface area contributed by atoms with Crippen LogP contribution in [-0.2, 0) is 0 Å². The van der Waals surface area contributed by atoms with Crippen LogP contribution in [0.1, 0.15) is 51.6 Å². The van der Waals surface area contributed by atoms with E-state index in [-0.39, 0.29) is 0 Å². The average Bonchev–Trinajstić information content (AvgIpc) is 2.27. The summed E-state index contributed by atoms with van der Waals surface area (Å²) in [4.78, 5) is 0. The maximum absolute atomic E-state index is 5.70. The fraction of sp³-hybridized carbons (Fsp3) is 0.625. The third-order valence-corrected chi connectivity index (χ3v) is 4.06. The zero-order valence-electron chi connectivity index (χ0n) is 11.8. The van der Waals surface area contributed by atoms with Crippen LogP contribution in [0.3, 0.4) is 0 Å². The highest BCUT2D eigenvalue weighted by Crippen LogP contribution is 2.32. The van der Waals surface area contributed by atoms with E-state index in [1.807, 2.05) is 13.0 Å². The molecule has 1 saturated carbocycles. The Balaban J connectivity index is 2.00.